The van der Waals surface area contributed by atoms with Crippen molar-refractivity contribution in [1.29, 1.82) is 0 Å². The Morgan fingerprint density at radius 3 is 2.65 bits per heavy atom. The fraction of sp³-hybridized carbons (Fsp3) is 0.350. The van der Waals surface area contributed by atoms with Crippen molar-refractivity contribution in [2.75, 3.05) is 25.6 Å². The standard InChI is InChI=1S/C20H24N2O4/c1-25-18-6-4-7-19(13-18)26-17-10-8-15(9-11-17)21-20(24)22-12-3-2-5-16(22)14-23/h4,6-11,13,16,23H,2-3,5,12,14H2,1H3,(H,21,24)/t16-/m1/s1. The lowest BCUT2D eigenvalue weighted by atomic mass is 10.0. The van der Waals surface area contributed by atoms with Crippen LogP contribution in [-0.2, 0) is 0 Å². The lowest BCUT2D eigenvalue weighted by Gasteiger charge is -2.34. The maximum Gasteiger partial charge on any atom is 0.322 e. The van der Waals surface area contributed by atoms with Gasteiger partial charge in [-0.15, -0.1) is 0 Å². The molecule has 1 heterocycles. The third kappa shape index (κ3) is 4.46. The minimum Gasteiger partial charge on any atom is -0.497 e. The van der Waals surface area contributed by atoms with Crippen molar-refractivity contribution in [2.24, 2.45) is 0 Å². The van der Waals surface area contributed by atoms with Crippen molar-refractivity contribution in [2.45, 2.75) is 25.3 Å². The molecule has 0 saturated carbocycles. The summed E-state index contributed by atoms with van der Waals surface area (Å²) < 4.78 is 11.0. The van der Waals surface area contributed by atoms with Crippen molar-refractivity contribution >= 4 is 11.7 Å². The van der Waals surface area contributed by atoms with Gasteiger partial charge in [0.05, 0.1) is 19.8 Å². The Morgan fingerprint density at radius 1 is 1.15 bits per heavy atom. The van der Waals surface area contributed by atoms with E-state index >= 15 is 0 Å². The second-order valence-electron chi connectivity index (χ2n) is 6.26. The van der Waals surface area contributed by atoms with Crippen LogP contribution in [0.25, 0.3) is 0 Å². The Balaban J connectivity index is 1.61. The van der Waals surface area contributed by atoms with E-state index in [2.05, 4.69) is 5.32 Å². The Morgan fingerprint density at radius 2 is 1.92 bits per heavy atom. The van der Waals surface area contributed by atoms with Gasteiger partial charge in [0.2, 0.25) is 0 Å². The highest BCUT2D eigenvalue weighted by atomic mass is 16.5. The van der Waals surface area contributed by atoms with Crippen LogP contribution in [0.3, 0.4) is 0 Å². The first-order chi connectivity index (χ1) is 12.7. The van der Waals surface area contributed by atoms with Crippen molar-refractivity contribution in [1.82, 2.24) is 4.90 Å². The van der Waals surface area contributed by atoms with Crippen LogP contribution in [-0.4, -0.2) is 42.3 Å². The molecular weight excluding hydrogens is 332 g/mol. The first-order valence-electron chi connectivity index (χ1n) is 8.80. The quantitative estimate of drug-likeness (QED) is 0.853. The number of anilines is 1. The number of hydrogen-bond acceptors (Lipinski definition) is 4. The number of rotatable bonds is 5. The first kappa shape index (κ1) is 18.1. The predicted molar refractivity (Wildman–Crippen MR) is 100.0 cm³/mol. The summed E-state index contributed by atoms with van der Waals surface area (Å²) in [7, 11) is 1.61. The van der Waals surface area contributed by atoms with Gasteiger partial charge in [0.25, 0.3) is 0 Å². The predicted octanol–water partition coefficient (Wildman–Crippen LogP) is 3.87. The van der Waals surface area contributed by atoms with Gasteiger partial charge in [-0.1, -0.05) is 6.07 Å². The number of urea groups is 1. The van der Waals surface area contributed by atoms with Crippen LogP contribution >= 0.6 is 0 Å². The van der Waals surface area contributed by atoms with Gasteiger partial charge in [0, 0.05) is 18.3 Å². The summed E-state index contributed by atoms with van der Waals surface area (Å²) >= 11 is 0. The Bertz CT molecular complexity index is 733. The summed E-state index contributed by atoms with van der Waals surface area (Å²) in [5.41, 5.74) is 0.690. The molecule has 0 spiro atoms. The summed E-state index contributed by atoms with van der Waals surface area (Å²) in [6.45, 7) is 0.675. The van der Waals surface area contributed by atoms with Crippen LogP contribution in [0.15, 0.2) is 48.5 Å². The van der Waals surface area contributed by atoms with Gasteiger partial charge in [0.1, 0.15) is 17.2 Å². The summed E-state index contributed by atoms with van der Waals surface area (Å²) in [5, 5.41) is 12.3. The average Bonchev–Trinajstić information content (AvgIpc) is 2.69. The van der Waals surface area contributed by atoms with Crippen molar-refractivity contribution in [3.8, 4) is 17.2 Å². The number of aliphatic hydroxyl groups is 1. The Labute approximate surface area is 153 Å². The van der Waals surface area contributed by atoms with Gasteiger partial charge in [-0.3, -0.25) is 0 Å². The lowest BCUT2D eigenvalue weighted by molar-refractivity contribution is 0.115. The Hall–Kier alpha value is -2.73. The SMILES string of the molecule is COc1cccc(Oc2ccc(NC(=O)N3CCCC[C@@H]3CO)cc2)c1. The van der Waals surface area contributed by atoms with Gasteiger partial charge in [-0.2, -0.15) is 0 Å². The fourth-order valence-electron chi connectivity index (χ4n) is 3.06. The molecule has 0 bridgehead atoms. The molecular formula is C20H24N2O4. The highest BCUT2D eigenvalue weighted by molar-refractivity contribution is 5.89. The number of carbonyl (C=O) groups is 1. The average molecular weight is 356 g/mol. The summed E-state index contributed by atoms with van der Waals surface area (Å²) in [6.07, 6.45) is 2.86. The molecule has 0 aliphatic carbocycles. The van der Waals surface area contributed by atoms with E-state index in [0.717, 1.165) is 25.0 Å². The number of ether oxygens (including phenoxy) is 2. The van der Waals surface area contributed by atoms with E-state index in [9.17, 15) is 9.90 Å². The minimum atomic E-state index is -0.176. The largest absolute Gasteiger partial charge is 0.497 e. The van der Waals surface area contributed by atoms with E-state index < -0.39 is 0 Å². The summed E-state index contributed by atoms with van der Waals surface area (Å²) in [6, 6.07) is 14.3. The molecule has 6 heteroatoms. The van der Waals surface area contributed by atoms with Crippen LogP contribution < -0.4 is 14.8 Å². The van der Waals surface area contributed by atoms with E-state index in [0.29, 0.717) is 23.7 Å². The maximum atomic E-state index is 12.4. The maximum absolute atomic E-state index is 12.4. The van der Waals surface area contributed by atoms with Crippen LogP contribution in [0.5, 0.6) is 17.2 Å². The Kier molecular flexibility index (Phi) is 5.96. The highest BCUT2D eigenvalue weighted by Crippen LogP contribution is 2.26. The van der Waals surface area contributed by atoms with E-state index in [4.69, 9.17) is 9.47 Å². The number of methoxy groups -OCH3 is 1. The second-order valence-corrected chi connectivity index (χ2v) is 6.26. The zero-order valence-corrected chi connectivity index (χ0v) is 14.9. The van der Waals surface area contributed by atoms with E-state index in [1.54, 1.807) is 42.3 Å². The molecule has 1 aliphatic heterocycles. The van der Waals surface area contributed by atoms with E-state index in [1.807, 2.05) is 18.2 Å². The number of nitrogens with zero attached hydrogens (tertiary/aromatic N) is 1. The monoisotopic (exact) mass is 356 g/mol. The molecule has 26 heavy (non-hydrogen) atoms. The number of piperidine rings is 1. The zero-order valence-electron chi connectivity index (χ0n) is 14.9. The van der Waals surface area contributed by atoms with Crippen LogP contribution in [0.2, 0.25) is 0 Å². The minimum absolute atomic E-state index is 0.000730. The van der Waals surface area contributed by atoms with E-state index in [1.165, 1.54) is 0 Å². The third-order valence-corrected chi connectivity index (χ3v) is 4.48. The molecule has 1 aliphatic rings. The first-order valence-corrected chi connectivity index (χ1v) is 8.80. The van der Waals surface area contributed by atoms with Crippen molar-refractivity contribution in [3.05, 3.63) is 48.5 Å². The summed E-state index contributed by atoms with van der Waals surface area (Å²) in [4.78, 5) is 14.2. The normalized spacial score (nSPS) is 16.8. The number of carbonyl (C=O) groups excluding carboxylic acids is 1. The number of benzene rings is 2. The molecule has 1 saturated heterocycles. The van der Waals surface area contributed by atoms with Crippen LogP contribution in [0.1, 0.15) is 19.3 Å². The molecule has 2 aromatic rings. The van der Waals surface area contributed by atoms with Crippen LogP contribution in [0.4, 0.5) is 10.5 Å². The molecule has 3 rings (SSSR count). The molecule has 2 amide bonds. The molecule has 0 radical (unpaired) electrons. The smallest absolute Gasteiger partial charge is 0.322 e. The number of aliphatic hydroxyl groups excluding tert-OH is 1. The number of nitrogens with one attached hydrogen (secondary N) is 1. The van der Waals surface area contributed by atoms with Gasteiger partial charge >= 0.3 is 6.03 Å². The molecule has 0 unspecified atom stereocenters. The molecule has 138 valence electrons. The fourth-order valence-corrected chi connectivity index (χ4v) is 3.06. The summed E-state index contributed by atoms with van der Waals surface area (Å²) in [5.74, 6) is 2.08. The molecule has 1 fully saturated rings. The van der Waals surface area contributed by atoms with Crippen LogP contribution in [0, 0.1) is 0 Å². The molecule has 6 nitrogen and oxygen atoms in total. The topological polar surface area (TPSA) is 71.0 Å². The number of hydrogen-bond donors (Lipinski definition) is 2. The van der Waals surface area contributed by atoms with Gasteiger partial charge in [-0.25, -0.2) is 4.79 Å². The number of amides is 2. The number of likely N-dealkylation sites (tertiary alicyclic amines) is 1. The second kappa shape index (κ2) is 8.58. The van der Waals surface area contributed by atoms with E-state index in [-0.39, 0.29) is 18.7 Å². The molecule has 0 aromatic heterocycles. The van der Waals surface area contributed by atoms with Gasteiger partial charge in [0.15, 0.2) is 0 Å². The zero-order chi connectivity index (χ0) is 18.4. The van der Waals surface area contributed by atoms with Crippen molar-refractivity contribution in [3.63, 3.8) is 0 Å². The highest BCUT2D eigenvalue weighted by Gasteiger charge is 2.25. The molecule has 1 atom stereocenters. The lowest BCUT2D eigenvalue weighted by Crippen LogP contribution is -2.47. The molecule has 2 aromatic carbocycles. The van der Waals surface area contributed by atoms with Gasteiger partial charge in [-0.05, 0) is 55.7 Å². The van der Waals surface area contributed by atoms with Gasteiger partial charge < -0.3 is 24.8 Å². The molecule has 2 N–H and O–H groups in total. The third-order valence-electron chi connectivity index (χ3n) is 4.48. The van der Waals surface area contributed by atoms with Crippen molar-refractivity contribution < 1.29 is 19.4 Å².